The normalized spacial score (nSPS) is 15.8. The summed E-state index contributed by atoms with van der Waals surface area (Å²) in [5, 5.41) is 0. The van der Waals surface area contributed by atoms with E-state index in [0.29, 0.717) is 23.1 Å². The van der Waals surface area contributed by atoms with Gasteiger partial charge in [0.1, 0.15) is 0 Å². The summed E-state index contributed by atoms with van der Waals surface area (Å²) in [6, 6.07) is 6.84. The van der Waals surface area contributed by atoms with Gasteiger partial charge in [-0.3, -0.25) is 14.4 Å². The average molecular weight is 439 g/mol. The number of hydrogen-bond donors (Lipinski definition) is 0. The van der Waals surface area contributed by atoms with Crippen LogP contribution in [0.25, 0.3) is 0 Å². The Labute approximate surface area is 192 Å². The van der Waals surface area contributed by atoms with E-state index in [1.165, 1.54) is 57.8 Å². The Kier molecular flexibility index (Phi) is 9.70. The number of rotatable bonds is 15. The lowest BCUT2D eigenvalue weighted by atomic mass is 9.86. The molecule has 0 aliphatic heterocycles. The van der Waals surface area contributed by atoms with Crippen LogP contribution in [0.1, 0.15) is 124 Å². The second kappa shape index (κ2) is 12.7. The van der Waals surface area contributed by atoms with E-state index in [4.69, 9.17) is 4.74 Å². The van der Waals surface area contributed by atoms with Crippen molar-refractivity contribution in [2.24, 2.45) is 5.92 Å². The highest BCUT2D eigenvalue weighted by atomic mass is 16.5. The molecule has 1 fully saturated rings. The van der Waals surface area contributed by atoms with Gasteiger partial charge < -0.3 is 4.74 Å². The molecule has 0 radical (unpaired) electrons. The fraction of sp³-hybridized carbons (Fsp3) is 0.607. The van der Waals surface area contributed by atoms with Crippen molar-refractivity contribution < 1.29 is 19.1 Å². The lowest BCUT2D eigenvalue weighted by molar-refractivity contribution is -0.140. The van der Waals surface area contributed by atoms with Gasteiger partial charge in [0.25, 0.3) is 0 Å². The highest BCUT2D eigenvalue weighted by molar-refractivity contribution is 6.26. The van der Waals surface area contributed by atoms with E-state index < -0.39 is 0 Å². The molecule has 2 aliphatic carbocycles. The smallest absolute Gasteiger partial charge is 0.314 e. The van der Waals surface area contributed by atoms with Crippen molar-refractivity contribution in [3.63, 3.8) is 0 Å². The van der Waals surface area contributed by atoms with Crippen LogP contribution in [0.5, 0.6) is 0 Å². The van der Waals surface area contributed by atoms with Crippen LogP contribution < -0.4 is 0 Å². The van der Waals surface area contributed by atoms with Gasteiger partial charge in [-0.05, 0) is 25.7 Å². The van der Waals surface area contributed by atoms with Crippen LogP contribution in [0, 0.1) is 5.92 Å². The molecular formula is C28H38O4. The fourth-order valence-electron chi connectivity index (χ4n) is 4.38. The van der Waals surface area contributed by atoms with Gasteiger partial charge in [0.2, 0.25) is 5.78 Å². The molecule has 1 aromatic rings. The van der Waals surface area contributed by atoms with E-state index in [1.807, 2.05) is 0 Å². The highest BCUT2D eigenvalue weighted by Gasteiger charge is 2.38. The van der Waals surface area contributed by atoms with Crippen molar-refractivity contribution in [2.45, 2.75) is 103 Å². The molecule has 0 saturated heterocycles. The van der Waals surface area contributed by atoms with Gasteiger partial charge in [-0.25, -0.2) is 0 Å². The molecular weight excluding hydrogens is 400 g/mol. The molecule has 0 spiro atoms. The van der Waals surface area contributed by atoms with Crippen molar-refractivity contribution in [2.75, 3.05) is 0 Å². The SMILES string of the molecule is CCCCCCCCCCCCCCC1=C(OC(=O)C2CC2)C(=O)c2ccccc2C1=O. The zero-order valence-corrected chi connectivity index (χ0v) is 19.6. The van der Waals surface area contributed by atoms with E-state index in [1.54, 1.807) is 24.3 Å². The first kappa shape index (κ1) is 24.4. The maximum atomic E-state index is 13.1. The molecule has 32 heavy (non-hydrogen) atoms. The minimum atomic E-state index is -0.368. The van der Waals surface area contributed by atoms with Crippen LogP contribution in [0.3, 0.4) is 0 Å². The Bertz CT molecular complexity index is 832. The summed E-state index contributed by atoms with van der Waals surface area (Å²) in [6.45, 7) is 2.25. The second-order valence-electron chi connectivity index (χ2n) is 9.35. The first-order valence-corrected chi connectivity index (χ1v) is 12.8. The van der Waals surface area contributed by atoms with Crippen LogP contribution >= 0.6 is 0 Å². The summed E-state index contributed by atoms with van der Waals surface area (Å²) in [4.78, 5) is 38.3. The largest absolute Gasteiger partial charge is 0.422 e. The van der Waals surface area contributed by atoms with Crippen LogP contribution in [0.2, 0.25) is 0 Å². The average Bonchev–Trinajstić information content (AvgIpc) is 3.65. The summed E-state index contributed by atoms with van der Waals surface area (Å²) in [6.07, 6.45) is 17.0. The first-order valence-electron chi connectivity index (χ1n) is 12.8. The van der Waals surface area contributed by atoms with E-state index in [0.717, 1.165) is 32.1 Å². The standard InChI is InChI=1S/C28H38O4/c1-2-3-4-5-6-7-8-9-10-11-12-13-18-24-25(29)22-16-14-15-17-23(22)26(30)27(24)32-28(31)21-19-20-21/h14-17,21H,2-13,18-20H2,1H3. The monoisotopic (exact) mass is 438 g/mol. The van der Waals surface area contributed by atoms with Crippen LogP contribution in [0.15, 0.2) is 35.6 Å². The quantitative estimate of drug-likeness (QED) is 0.212. The lowest BCUT2D eigenvalue weighted by Gasteiger charge is -2.20. The maximum absolute atomic E-state index is 13.1. The van der Waals surface area contributed by atoms with Crippen molar-refractivity contribution in [1.29, 1.82) is 0 Å². The number of carbonyl (C=O) groups is 3. The number of unbranched alkanes of at least 4 members (excludes halogenated alkanes) is 11. The number of hydrogen-bond acceptors (Lipinski definition) is 4. The molecule has 0 atom stereocenters. The van der Waals surface area contributed by atoms with Gasteiger partial charge in [0, 0.05) is 16.7 Å². The van der Waals surface area contributed by atoms with Gasteiger partial charge in [0.15, 0.2) is 11.5 Å². The summed E-state index contributed by atoms with van der Waals surface area (Å²) < 4.78 is 5.50. The van der Waals surface area contributed by atoms with E-state index in [9.17, 15) is 14.4 Å². The Hall–Kier alpha value is -2.23. The Balaban J connectivity index is 1.45. The van der Waals surface area contributed by atoms with Gasteiger partial charge in [-0.15, -0.1) is 0 Å². The maximum Gasteiger partial charge on any atom is 0.314 e. The minimum Gasteiger partial charge on any atom is -0.422 e. The molecule has 0 N–H and O–H groups in total. The van der Waals surface area contributed by atoms with Crippen molar-refractivity contribution >= 4 is 17.5 Å². The number of ketones is 2. The van der Waals surface area contributed by atoms with Crippen LogP contribution in [-0.2, 0) is 9.53 Å². The molecule has 0 amide bonds. The Morgan fingerprint density at radius 2 is 1.28 bits per heavy atom. The van der Waals surface area contributed by atoms with Crippen molar-refractivity contribution in [3.8, 4) is 0 Å². The summed E-state index contributed by atoms with van der Waals surface area (Å²) in [5.41, 5.74) is 1.15. The number of benzene rings is 1. The number of esters is 1. The fourth-order valence-corrected chi connectivity index (χ4v) is 4.38. The molecule has 0 unspecified atom stereocenters. The molecule has 3 rings (SSSR count). The molecule has 2 aliphatic rings. The molecule has 0 aromatic heterocycles. The minimum absolute atomic E-state index is 0.0197. The summed E-state index contributed by atoms with van der Waals surface area (Å²) in [5.74, 6) is -0.998. The zero-order chi connectivity index (χ0) is 22.8. The summed E-state index contributed by atoms with van der Waals surface area (Å²) in [7, 11) is 0. The van der Waals surface area contributed by atoms with E-state index in [-0.39, 0.29) is 29.2 Å². The third kappa shape index (κ3) is 6.88. The molecule has 1 aromatic carbocycles. The predicted molar refractivity (Wildman–Crippen MR) is 127 cm³/mol. The highest BCUT2D eigenvalue weighted by Crippen LogP contribution is 2.34. The number of fused-ring (bicyclic) bond motifs is 1. The molecule has 0 bridgehead atoms. The molecule has 0 heterocycles. The number of Topliss-reactive ketones (excluding diaryl/α,β-unsaturated/α-hetero) is 2. The molecule has 4 nitrogen and oxygen atoms in total. The zero-order valence-electron chi connectivity index (χ0n) is 19.6. The topological polar surface area (TPSA) is 60.4 Å². The van der Waals surface area contributed by atoms with Gasteiger partial charge >= 0.3 is 5.97 Å². The Morgan fingerprint density at radius 3 is 1.81 bits per heavy atom. The van der Waals surface area contributed by atoms with Crippen LogP contribution in [-0.4, -0.2) is 17.5 Å². The second-order valence-corrected chi connectivity index (χ2v) is 9.35. The molecule has 1 saturated carbocycles. The first-order chi connectivity index (χ1) is 15.6. The van der Waals surface area contributed by atoms with Gasteiger partial charge in [-0.2, -0.15) is 0 Å². The van der Waals surface area contributed by atoms with Crippen LogP contribution in [0.4, 0.5) is 0 Å². The Morgan fingerprint density at radius 1 is 0.781 bits per heavy atom. The number of ether oxygens (including phenoxy) is 1. The predicted octanol–water partition coefficient (Wildman–Crippen LogP) is 7.36. The van der Waals surface area contributed by atoms with Crippen molar-refractivity contribution in [3.05, 3.63) is 46.7 Å². The summed E-state index contributed by atoms with van der Waals surface area (Å²) >= 11 is 0. The number of carbonyl (C=O) groups excluding carboxylic acids is 3. The molecule has 4 heteroatoms. The molecule has 174 valence electrons. The van der Waals surface area contributed by atoms with Crippen molar-refractivity contribution in [1.82, 2.24) is 0 Å². The lowest BCUT2D eigenvalue weighted by Crippen LogP contribution is -2.25. The number of allylic oxidation sites excluding steroid dienone is 2. The van der Waals surface area contributed by atoms with Gasteiger partial charge in [0.05, 0.1) is 5.92 Å². The van der Waals surface area contributed by atoms with E-state index in [2.05, 4.69) is 6.92 Å². The third-order valence-corrected chi connectivity index (χ3v) is 6.56. The van der Waals surface area contributed by atoms with E-state index >= 15 is 0 Å². The van der Waals surface area contributed by atoms with Gasteiger partial charge in [-0.1, -0.05) is 102 Å². The third-order valence-electron chi connectivity index (χ3n) is 6.56.